The van der Waals surface area contributed by atoms with Crippen molar-refractivity contribution in [3.63, 3.8) is 0 Å². The Balaban J connectivity index is 1.38. The summed E-state index contributed by atoms with van der Waals surface area (Å²) in [6.07, 6.45) is -2.46. The van der Waals surface area contributed by atoms with Gasteiger partial charge < -0.3 is 25.0 Å². The Morgan fingerprint density at radius 2 is 1.93 bits per heavy atom. The van der Waals surface area contributed by atoms with Crippen LogP contribution >= 0.6 is 0 Å². The van der Waals surface area contributed by atoms with E-state index >= 15 is 0 Å². The van der Waals surface area contributed by atoms with Crippen LogP contribution in [0.15, 0.2) is 42.6 Å². The van der Waals surface area contributed by atoms with Crippen LogP contribution in [0.1, 0.15) is 52.9 Å². The number of rotatable bonds is 9. The van der Waals surface area contributed by atoms with E-state index in [2.05, 4.69) is 25.5 Å². The minimum atomic E-state index is -4.80. The van der Waals surface area contributed by atoms with E-state index < -0.39 is 24.3 Å². The molecule has 10 nitrogen and oxygen atoms in total. The summed E-state index contributed by atoms with van der Waals surface area (Å²) in [5.74, 6) is -0.744. The molecule has 0 spiro atoms. The molecule has 2 aromatic carbocycles. The van der Waals surface area contributed by atoms with Crippen LogP contribution in [-0.2, 0) is 17.6 Å². The summed E-state index contributed by atoms with van der Waals surface area (Å²) in [6.45, 7) is 3.03. The summed E-state index contributed by atoms with van der Waals surface area (Å²) in [6, 6.07) is 9.38. The number of carbonyl (C=O) groups is 1. The molecule has 1 fully saturated rings. The van der Waals surface area contributed by atoms with Crippen LogP contribution in [-0.4, -0.2) is 72.3 Å². The molecule has 3 heterocycles. The van der Waals surface area contributed by atoms with Crippen LogP contribution < -0.4 is 20.1 Å². The predicted octanol–water partition coefficient (Wildman–Crippen LogP) is 5.64. The molecule has 236 valence electrons. The highest BCUT2D eigenvalue weighted by molar-refractivity contribution is 5.95. The maximum Gasteiger partial charge on any atom is 0.423 e. The zero-order valence-corrected chi connectivity index (χ0v) is 24.6. The molecule has 1 amide bonds. The fraction of sp³-hybridized carbons (Fsp3) is 0.433. The van der Waals surface area contributed by atoms with E-state index in [-0.39, 0.29) is 48.6 Å². The number of methoxy groups -OCH3 is 1. The van der Waals surface area contributed by atoms with Crippen molar-refractivity contribution in [3.8, 4) is 17.4 Å². The summed E-state index contributed by atoms with van der Waals surface area (Å²) >= 11 is 0. The van der Waals surface area contributed by atoms with Gasteiger partial charge >= 0.3 is 6.18 Å². The summed E-state index contributed by atoms with van der Waals surface area (Å²) < 4.78 is 66.1. The molecule has 2 aliphatic heterocycles. The van der Waals surface area contributed by atoms with Gasteiger partial charge in [-0.3, -0.25) is 9.63 Å². The number of piperidine rings is 1. The summed E-state index contributed by atoms with van der Waals surface area (Å²) in [5, 5.41) is 7.40. The van der Waals surface area contributed by atoms with Crippen molar-refractivity contribution >= 4 is 17.5 Å². The second kappa shape index (κ2) is 13.3. The number of anilines is 2. The van der Waals surface area contributed by atoms with Crippen molar-refractivity contribution in [2.45, 2.75) is 44.6 Å². The van der Waals surface area contributed by atoms with Crippen molar-refractivity contribution in [3.05, 3.63) is 64.8 Å². The van der Waals surface area contributed by atoms with Gasteiger partial charge in [-0.2, -0.15) is 23.2 Å². The van der Waals surface area contributed by atoms with Gasteiger partial charge in [0.2, 0.25) is 11.8 Å². The quantitative estimate of drug-likeness (QED) is 0.295. The van der Waals surface area contributed by atoms with Gasteiger partial charge in [0.15, 0.2) is 0 Å². The number of amides is 1. The molecular formula is C30H34F4N6O4. The van der Waals surface area contributed by atoms with Crippen molar-refractivity contribution < 1.29 is 36.7 Å². The molecule has 44 heavy (non-hydrogen) atoms. The molecule has 2 aliphatic rings. The lowest BCUT2D eigenvalue weighted by Gasteiger charge is -2.34. The van der Waals surface area contributed by atoms with Crippen LogP contribution in [0.25, 0.3) is 0 Å². The first-order valence-corrected chi connectivity index (χ1v) is 14.2. The van der Waals surface area contributed by atoms with Crippen LogP contribution in [0, 0.1) is 0 Å². The lowest BCUT2D eigenvalue weighted by molar-refractivity contribution is -0.207. The van der Waals surface area contributed by atoms with Gasteiger partial charge in [0.1, 0.15) is 23.7 Å². The highest BCUT2D eigenvalue weighted by Gasteiger charge is 2.37. The third-order valence-corrected chi connectivity index (χ3v) is 7.76. The molecule has 0 unspecified atom stereocenters. The smallest absolute Gasteiger partial charge is 0.423 e. The van der Waals surface area contributed by atoms with Gasteiger partial charge in [0.25, 0.3) is 5.91 Å². The standard InChI is InChI=1S/C30H34F4N6O4/c1-18-21-5-4-6-25(22(21)17-43-40(18)14-11-31)44-28-23(30(32,33)34)16-35-29(38-28)37-24-8-7-19(15-26(24)42-3)27(41)36-20-9-12-39(2)13-10-20/h4-8,15-16,18,20H,9-14,17H2,1-3H3,(H,36,41)(H,35,37,38)/t18-/m0/s1. The van der Waals surface area contributed by atoms with E-state index in [0.717, 1.165) is 31.5 Å². The number of hydrogen-bond acceptors (Lipinski definition) is 9. The number of carbonyl (C=O) groups excluding carboxylic acids is 1. The Morgan fingerprint density at radius 3 is 2.64 bits per heavy atom. The fourth-order valence-corrected chi connectivity index (χ4v) is 5.26. The van der Waals surface area contributed by atoms with Crippen LogP contribution in [0.4, 0.5) is 29.2 Å². The van der Waals surface area contributed by atoms with Crippen molar-refractivity contribution in [2.75, 3.05) is 45.8 Å². The molecule has 0 saturated carbocycles. The maximum absolute atomic E-state index is 14.0. The summed E-state index contributed by atoms with van der Waals surface area (Å²) in [5.41, 5.74) is 0.817. The number of nitrogens with one attached hydrogen (secondary N) is 2. The Bertz CT molecular complexity index is 1480. The lowest BCUT2D eigenvalue weighted by atomic mass is 9.99. The number of benzene rings is 2. The molecule has 0 radical (unpaired) electrons. The topological polar surface area (TPSA) is 101 Å². The van der Waals surface area contributed by atoms with Crippen LogP contribution in [0.2, 0.25) is 0 Å². The highest BCUT2D eigenvalue weighted by atomic mass is 19.4. The first kappa shape index (κ1) is 31.4. The number of aromatic nitrogens is 2. The molecule has 5 rings (SSSR count). The Morgan fingerprint density at radius 1 is 1.16 bits per heavy atom. The number of ether oxygens (including phenoxy) is 2. The normalized spacial score (nSPS) is 18.0. The van der Waals surface area contributed by atoms with Gasteiger partial charge in [0.05, 0.1) is 32.0 Å². The summed E-state index contributed by atoms with van der Waals surface area (Å²) in [7, 11) is 3.45. The monoisotopic (exact) mass is 618 g/mol. The number of hydrogen-bond donors (Lipinski definition) is 2. The van der Waals surface area contributed by atoms with E-state index in [1.807, 2.05) is 14.0 Å². The zero-order valence-electron chi connectivity index (χ0n) is 24.6. The molecule has 1 atom stereocenters. The van der Waals surface area contributed by atoms with Crippen LogP contribution in [0.3, 0.4) is 0 Å². The minimum absolute atomic E-state index is 0.0116. The van der Waals surface area contributed by atoms with Gasteiger partial charge in [-0.05, 0) is 69.7 Å². The number of fused-ring (bicyclic) bond motifs is 1. The van der Waals surface area contributed by atoms with E-state index in [9.17, 15) is 22.4 Å². The van der Waals surface area contributed by atoms with Gasteiger partial charge in [-0.25, -0.2) is 9.37 Å². The van der Waals surface area contributed by atoms with E-state index in [1.54, 1.807) is 24.3 Å². The van der Waals surface area contributed by atoms with Crippen molar-refractivity contribution in [1.29, 1.82) is 0 Å². The Hall–Kier alpha value is -4.01. The van der Waals surface area contributed by atoms with Gasteiger partial charge in [-0.15, -0.1) is 0 Å². The van der Waals surface area contributed by atoms with Gasteiger partial charge in [-0.1, -0.05) is 12.1 Å². The van der Waals surface area contributed by atoms with Crippen molar-refractivity contribution in [2.24, 2.45) is 0 Å². The second-order valence-corrected chi connectivity index (χ2v) is 10.7. The third kappa shape index (κ3) is 7.03. The molecule has 14 heteroatoms. The third-order valence-electron chi connectivity index (χ3n) is 7.76. The molecule has 1 aromatic heterocycles. The zero-order chi connectivity index (χ0) is 31.4. The number of halogens is 4. The number of alkyl halides is 4. The second-order valence-electron chi connectivity index (χ2n) is 10.7. The largest absolute Gasteiger partial charge is 0.495 e. The van der Waals surface area contributed by atoms with Gasteiger partial charge in [0, 0.05) is 23.4 Å². The first-order valence-electron chi connectivity index (χ1n) is 14.2. The lowest BCUT2D eigenvalue weighted by Crippen LogP contribution is -2.43. The van der Waals surface area contributed by atoms with E-state index in [1.165, 1.54) is 24.3 Å². The number of nitrogens with zero attached hydrogens (tertiary/aromatic N) is 4. The first-order chi connectivity index (χ1) is 21.1. The molecule has 3 aromatic rings. The molecule has 2 N–H and O–H groups in total. The molecule has 1 saturated heterocycles. The molecule has 0 bridgehead atoms. The fourth-order valence-electron chi connectivity index (χ4n) is 5.26. The predicted molar refractivity (Wildman–Crippen MR) is 154 cm³/mol. The highest BCUT2D eigenvalue weighted by Crippen LogP contribution is 2.41. The van der Waals surface area contributed by atoms with E-state index in [4.69, 9.17) is 14.3 Å². The van der Waals surface area contributed by atoms with Crippen molar-refractivity contribution in [1.82, 2.24) is 25.2 Å². The average molecular weight is 619 g/mol. The minimum Gasteiger partial charge on any atom is -0.495 e. The summed E-state index contributed by atoms with van der Waals surface area (Å²) in [4.78, 5) is 28.6. The Labute approximate surface area is 252 Å². The van der Waals surface area contributed by atoms with Crippen LogP contribution in [0.5, 0.6) is 17.4 Å². The molecular weight excluding hydrogens is 584 g/mol. The number of likely N-dealkylation sites (tertiary alicyclic amines) is 1. The van der Waals surface area contributed by atoms with E-state index in [0.29, 0.717) is 23.0 Å². The SMILES string of the molecule is COc1cc(C(=O)NC2CCN(C)CC2)ccc1Nc1ncc(C(F)(F)F)c(Oc2cccc3c2CON(CCF)[C@H]3C)n1. The maximum atomic E-state index is 14.0. The average Bonchev–Trinajstić information content (AvgIpc) is 3.00. The number of hydroxylamine groups is 2. The molecule has 0 aliphatic carbocycles. The Kier molecular flexibility index (Phi) is 9.51.